The number of rotatable bonds is 9. The Balaban J connectivity index is 3.61. The van der Waals surface area contributed by atoms with Crippen molar-refractivity contribution in [3.05, 3.63) is 0 Å². The maximum atomic E-state index is 11.3. The number of unbranched alkanes of at least 4 members (excludes halogenated alkanes) is 4. The first-order valence-electron chi connectivity index (χ1n) is 5.83. The lowest BCUT2D eigenvalue weighted by atomic mass is 10.0. The van der Waals surface area contributed by atoms with E-state index in [-0.39, 0.29) is 11.9 Å². The van der Waals surface area contributed by atoms with Gasteiger partial charge in [0, 0.05) is 7.11 Å². The fourth-order valence-corrected chi connectivity index (χ4v) is 1.63. The predicted octanol–water partition coefficient (Wildman–Crippen LogP) is 2.78. The Labute approximate surface area is 93.1 Å². The smallest absolute Gasteiger partial charge is 0.311 e. The molecule has 0 radical (unpaired) electrons. The molecule has 0 aromatic carbocycles. The molecular weight excluding hydrogens is 192 g/mol. The fourth-order valence-electron chi connectivity index (χ4n) is 1.63. The zero-order valence-electron chi connectivity index (χ0n) is 10.3. The minimum atomic E-state index is -0.146. The van der Waals surface area contributed by atoms with Crippen LogP contribution >= 0.6 is 0 Å². The van der Waals surface area contributed by atoms with Crippen LogP contribution in [0.2, 0.25) is 0 Å². The Hall–Kier alpha value is -0.570. The maximum Gasteiger partial charge on any atom is 0.311 e. The van der Waals surface area contributed by atoms with E-state index < -0.39 is 0 Å². The van der Waals surface area contributed by atoms with Gasteiger partial charge in [0.25, 0.3) is 0 Å². The topological polar surface area (TPSA) is 35.5 Å². The van der Waals surface area contributed by atoms with Crippen molar-refractivity contribution in [2.24, 2.45) is 5.92 Å². The van der Waals surface area contributed by atoms with Crippen LogP contribution in [0, 0.1) is 5.92 Å². The van der Waals surface area contributed by atoms with Crippen molar-refractivity contribution in [2.45, 2.75) is 45.4 Å². The van der Waals surface area contributed by atoms with E-state index in [4.69, 9.17) is 9.47 Å². The van der Waals surface area contributed by atoms with Crippen LogP contribution in [-0.4, -0.2) is 26.8 Å². The van der Waals surface area contributed by atoms with Gasteiger partial charge >= 0.3 is 5.97 Å². The van der Waals surface area contributed by atoms with Crippen molar-refractivity contribution in [1.82, 2.24) is 0 Å². The lowest BCUT2D eigenvalue weighted by molar-refractivity contribution is -0.147. The summed E-state index contributed by atoms with van der Waals surface area (Å²) in [5.74, 6) is -0.228. The molecule has 0 bridgehead atoms. The summed E-state index contributed by atoms with van der Waals surface area (Å²) in [6.45, 7) is 2.67. The summed E-state index contributed by atoms with van der Waals surface area (Å²) in [5, 5.41) is 0. The molecule has 0 amide bonds. The minimum absolute atomic E-state index is 0.0818. The van der Waals surface area contributed by atoms with E-state index in [0.29, 0.717) is 6.61 Å². The third-order valence-electron chi connectivity index (χ3n) is 2.56. The molecule has 0 N–H and O–H groups in total. The van der Waals surface area contributed by atoms with Crippen molar-refractivity contribution in [2.75, 3.05) is 20.8 Å². The van der Waals surface area contributed by atoms with Crippen LogP contribution in [0.4, 0.5) is 0 Å². The highest BCUT2D eigenvalue weighted by atomic mass is 16.5. The van der Waals surface area contributed by atoms with Crippen molar-refractivity contribution in [3.63, 3.8) is 0 Å². The quantitative estimate of drug-likeness (QED) is 0.439. The SMILES string of the molecule is CCCCCCCC(COC)C(=O)OC. The third kappa shape index (κ3) is 7.37. The van der Waals surface area contributed by atoms with Gasteiger partial charge in [-0.25, -0.2) is 0 Å². The fraction of sp³-hybridized carbons (Fsp3) is 0.917. The number of hydrogen-bond donors (Lipinski definition) is 0. The maximum absolute atomic E-state index is 11.3. The van der Waals surface area contributed by atoms with E-state index in [2.05, 4.69) is 6.92 Å². The zero-order valence-corrected chi connectivity index (χ0v) is 10.3. The van der Waals surface area contributed by atoms with E-state index in [1.807, 2.05) is 0 Å². The first-order chi connectivity index (χ1) is 7.26. The van der Waals surface area contributed by atoms with Gasteiger partial charge in [-0.1, -0.05) is 39.0 Å². The van der Waals surface area contributed by atoms with Gasteiger partial charge in [-0.3, -0.25) is 4.79 Å². The van der Waals surface area contributed by atoms with E-state index in [9.17, 15) is 4.79 Å². The normalized spacial score (nSPS) is 12.5. The highest BCUT2D eigenvalue weighted by molar-refractivity contribution is 5.72. The van der Waals surface area contributed by atoms with Crippen LogP contribution in [0.1, 0.15) is 45.4 Å². The van der Waals surface area contributed by atoms with Crippen LogP contribution < -0.4 is 0 Å². The minimum Gasteiger partial charge on any atom is -0.469 e. The van der Waals surface area contributed by atoms with Gasteiger partial charge in [-0.15, -0.1) is 0 Å². The molecule has 0 aromatic rings. The third-order valence-corrected chi connectivity index (χ3v) is 2.56. The molecule has 0 rings (SSSR count). The summed E-state index contributed by atoms with van der Waals surface area (Å²) in [7, 11) is 3.05. The molecule has 15 heavy (non-hydrogen) atoms. The molecule has 1 unspecified atom stereocenters. The lowest BCUT2D eigenvalue weighted by Gasteiger charge is -2.12. The molecule has 0 fully saturated rings. The van der Waals surface area contributed by atoms with Crippen LogP contribution in [0.25, 0.3) is 0 Å². The molecule has 0 aliphatic heterocycles. The summed E-state index contributed by atoms with van der Waals surface area (Å²) in [6.07, 6.45) is 6.96. The van der Waals surface area contributed by atoms with Crippen molar-refractivity contribution < 1.29 is 14.3 Å². The average molecular weight is 216 g/mol. The lowest BCUT2D eigenvalue weighted by Crippen LogP contribution is -2.21. The van der Waals surface area contributed by atoms with Crippen molar-refractivity contribution >= 4 is 5.97 Å². The molecule has 90 valence electrons. The Morgan fingerprint density at radius 3 is 2.33 bits per heavy atom. The first-order valence-corrected chi connectivity index (χ1v) is 5.83. The summed E-state index contributed by atoms with van der Waals surface area (Å²) >= 11 is 0. The molecule has 0 spiro atoms. The second-order valence-corrected chi connectivity index (χ2v) is 3.88. The van der Waals surface area contributed by atoms with Crippen molar-refractivity contribution in [1.29, 1.82) is 0 Å². The van der Waals surface area contributed by atoms with Crippen molar-refractivity contribution in [3.8, 4) is 0 Å². The van der Waals surface area contributed by atoms with Crippen LogP contribution in [0.15, 0.2) is 0 Å². The summed E-state index contributed by atoms with van der Waals surface area (Å²) in [4.78, 5) is 11.3. The van der Waals surface area contributed by atoms with E-state index >= 15 is 0 Å². The van der Waals surface area contributed by atoms with E-state index in [1.165, 1.54) is 32.8 Å². The first kappa shape index (κ1) is 14.4. The van der Waals surface area contributed by atoms with Crippen LogP contribution in [0.3, 0.4) is 0 Å². The molecule has 1 atom stereocenters. The Morgan fingerprint density at radius 2 is 1.80 bits per heavy atom. The second-order valence-electron chi connectivity index (χ2n) is 3.88. The molecular formula is C12H24O3. The van der Waals surface area contributed by atoms with Gasteiger partial charge < -0.3 is 9.47 Å². The monoisotopic (exact) mass is 216 g/mol. The van der Waals surface area contributed by atoms with Crippen LogP contribution in [-0.2, 0) is 14.3 Å². The summed E-state index contributed by atoms with van der Waals surface area (Å²) in [6, 6.07) is 0. The highest BCUT2D eigenvalue weighted by Crippen LogP contribution is 2.13. The molecule has 0 saturated heterocycles. The van der Waals surface area contributed by atoms with Gasteiger partial charge in [-0.2, -0.15) is 0 Å². The summed E-state index contributed by atoms with van der Waals surface area (Å²) in [5.41, 5.74) is 0. The molecule has 0 heterocycles. The Kier molecular flexibility index (Phi) is 9.59. The Morgan fingerprint density at radius 1 is 1.13 bits per heavy atom. The zero-order chi connectivity index (χ0) is 11.5. The van der Waals surface area contributed by atoms with Gasteiger partial charge in [0.2, 0.25) is 0 Å². The highest BCUT2D eigenvalue weighted by Gasteiger charge is 2.17. The molecule has 0 aliphatic carbocycles. The van der Waals surface area contributed by atoms with E-state index in [0.717, 1.165) is 12.8 Å². The second kappa shape index (κ2) is 9.97. The standard InChI is InChI=1S/C12H24O3/c1-4-5-6-7-8-9-11(10-14-2)12(13)15-3/h11H,4-10H2,1-3H3. The van der Waals surface area contributed by atoms with Crippen LogP contribution in [0.5, 0.6) is 0 Å². The number of methoxy groups -OCH3 is 2. The van der Waals surface area contributed by atoms with Gasteiger partial charge in [0.15, 0.2) is 0 Å². The van der Waals surface area contributed by atoms with E-state index in [1.54, 1.807) is 7.11 Å². The van der Waals surface area contributed by atoms with Gasteiger partial charge in [0.1, 0.15) is 0 Å². The molecule has 0 aliphatic rings. The summed E-state index contributed by atoms with van der Waals surface area (Å²) < 4.78 is 9.73. The molecule has 3 nitrogen and oxygen atoms in total. The molecule has 0 aromatic heterocycles. The molecule has 3 heteroatoms. The number of ether oxygens (including phenoxy) is 2. The molecule has 0 saturated carbocycles. The largest absolute Gasteiger partial charge is 0.469 e. The number of hydrogen-bond acceptors (Lipinski definition) is 3. The number of carbonyl (C=O) groups excluding carboxylic acids is 1. The van der Waals surface area contributed by atoms with Gasteiger partial charge in [0.05, 0.1) is 19.6 Å². The average Bonchev–Trinajstić information content (AvgIpc) is 2.26. The Bertz CT molecular complexity index is 157. The van der Waals surface area contributed by atoms with Gasteiger partial charge in [-0.05, 0) is 6.42 Å². The number of carbonyl (C=O) groups is 1. The predicted molar refractivity (Wildman–Crippen MR) is 60.8 cm³/mol. The number of esters is 1.